The number of amides is 2. The minimum absolute atomic E-state index is 0.0338. The highest BCUT2D eigenvalue weighted by molar-refractivity contribution is 7.90. The number of aryl methyl sites for hydroxylation is 1. The van der Waals surface area contributed by atoms with E-state index in [0.29, 0.717) is 13.0 Å². The number of urea groups is 1. The third-order valence-electron chi connectivity index (χ3n) is 3.79. The number of carbonyl (C=O) groups is 1. The zero-order valence-corrected chi connectivity index (χ0v) is 14.9. The zero-order chi connectivity index (χ0) is 18.3. The average molecular weight is 358 g/mol. The zero-order valence-electron chi connectivity index (χ0n) is 14.1. The first-order valence-corrected chi connectivity index (χ1v) is 9.44. The highest BCUT2D eigenvalue weighted by Gasteiger charge is 2.18. The lowest BCUT2D eigenvalue weighted by atomic mass is 9.96. The van der Waals surface area contributed by atoms with Crippen LogP contribution in [0.15, 0.2) is 72.1 Å². The van der Waals surface area contributed by atoms with Gasteiger partial charge in [-0.05, 0) is 31.0 Å². The Balaban J connectivity index is 1.99. The number of allylic oxidation sites excluding steroid dienone is 1. The number of carbonyl (C=O) groups excluding carboxylic acids is 1. The molecule has 6 heteroatoms. The van der Waals surface area contributed by atoms with Gasteiger partial charge in [-0.2, -0.15) is 0 Å². The van der Waals surface area contributed by atoms with Crippen LogP contribution >= 0.6 is 0 Å². The van der Waals surface area contributed by atoms with Crippen molar-refractivity contribution in [3.05, 3.63) is 78.4 Å². The van der Waals surface area contributed by atoms with Gasteiger partial charge in [0.05, 0.1) is 4.90 Å². The van der Waals surface area contributed by atoms with Gasteiger partial charge in [-0.3, -0.25) is 0 Å². The maximum absolute atomic E-state index is 12.2. The number of hydrogen-bond acceptors (Lipinski definition) is 3. The summed E-state index contributed by atoms with van der Waals surface area (Å²) in [5.74, 6) is 0.0338. The van der Waals surface area contributed by atoms with E-state index in [0.717, 1.165) is 11.1 Å². The van der Waals surface area contributed by atoms with Crippen LogP contribution in [-0.4, -0.2) is 21.0 Å². The molecule has 0 saturated heterocycles. The Morgan fingerprint density at radius 1 is 1.12 bits per heavy atom. The van der Waals surface area contributed by atoms with Gasteiger partial charge >= 0.3 is 6.03 Å². The van der Waals surface area contributed by atoms with Crippen molar-refractivity contribution in [2.24, 2.45) is 0 Å². The van der Waals surface area contributed by atoms with Gasteiger partial charge in [0, 0.05) is 12.5 Å². The lowest BCUT2D eigenvalue weighted by Gasteiger charge is -2.17. The van der Waals surface area contributed by atoms with E-state index < -0.39 is 16.1 Å². The van der Waals surface area contributed by atoms with Crippen LogP contribution < -0.4 is 10.0 Å². The van der Waals surface area contributed by atoms with Crippen LogP contribution in [0.4, 0.5) is 4.79 Å². The summed E-state index contributed by atoms with van der Waals surface area (Å²) in [6.07, 6.45) is 2.45. The standard InChI is InChI=1S/C19H22N2O3S/c1-3-7-17(16-8-5-4-6-9-16)14-20-19(22)21-25(23,24)18-12-10-15(2)11-13-18/h3-6,8-13,17H,1,7,14H2,2H3,(H2,20,21,22)/t17-/m1/s1. The highest BCUT2D eigenvalue weighted by Crippen LogP contribution is 2.19. The van der Waals surface area contributed by atoms with Crippen molar-refractivity contribution in [1.29, 1.82) is 0 Å². The van der Waals surface area contributed by atoms with Crippen LogP contribution in [-0.2, 0) is 10.0 Å². The second kappa shape index (κ2) is 8.48. The smallest absolute Gasteiger partial charge is 0.328 e. The van der Waals surface area contributed by atoms with Gasteiger partial charge in [-0.1, -0.05) is 54.1 Å². The molecule has 0 aliphatic rings. The molecule has 0 saturated carbocycles. The lowest BCUT2D eigenvalue weighted by molar-refractivity contribution is 0.245. The van der Waals surface area contributed by atoms with E-state index in [9.17, 15) is 13.2 Å². The number of sulfonamides is 1. The topological polar surface area (TPSA) is 75.3 Å². The Hall–Kier alpha value is -2.60. The summed E-state index contributed by atoms with van der Waals surface area (Å²) in [6.45, 7) is 5.91. The van der Waals surface area contributed by atoms with Crippen molar-refractivity contribution in [3.8, 4) is 0 Å². The first-order chi connectivity index (χ1) is 11.9. The Kier molecular flexibility index (Phi) is 6.36. The van der Waals surface area contributed by atoms with Crippen LogP contribution in [0.5, 0.6) is 0 Å². The molecule has 0 bridgehead atoms. The summed E-state index contributed by atoms with van der Waals surface area (Å²) in [5.41, 5.74) is 2.00. The van der Waals surface area contributed by atoms with Gasteiger partial charge in [-0.25, -0.2) is 17.9 Å². The van der Waals surface area contributed by atoms with Crippen LogP contribution in [0.2, 0.25) is 0 Å². The van der Waals surface area contributed by atoms with Crippen LogP contribution in [0.1, 0.15) is 23.5 Å². The Bertz CT molecular complexity index is 816. The van der Waals surface area contributed by atoms with Gasteiger partial charge in [0.15, 0.2) is 0 Å². The molecule has 2 aromatic carbocycles. The highest BCUT2D eigenvalue weighted by atomic mass is 32.2. The summed E-state index contributed by atoms with van der Waals surface area (Å²) < 4.78 is 26.4. The molecule has 0 aliphatic heterocycles. The Morgan fingerprint density at radius 2 is 1.76 bits per heavy atom. The van der Waals surface area contributed by atoms with Gasteiger partial charge < -0.3 is 5.32 Å². The molecule has 5 nitrogen and oxygen atoms in total. The van der Waals surface area contributed by atoms with E-state index in [-0.39, 0.29) is 10.8 Å². The van der Waals surface area contributed by atoms with E-state index in [1.807, 2.05) is 42.0 Å². The molecule has 132 valence electrons. The quantitative estimate of drug-likeness (QED) is 0.746. The van der Waals surface area contributed by atoms with E-state index in [1.54, 1.807) is 18.2 Å². The fourth-order valence-electron chi connectivity index (χ4n) is 2.41. The normalized spacial score (nSPS) is 12.2. The predicted octanol–water partition coefficient (Wildman–Crippen LogP) is 3.34. The van der Waals surface area contributed by atoms with Crippen molar-refractivity contribution in [2.75, 3.05) is 6.54 Å². The maximum atomic E-state index is 12.2. The molecule has 0 aromatic heterocycles. The summed E-state index contributed by atoms with van der Waals surface area (Å²) in [7, 11) is -3.88. The summed E-state index contributed by atoms with van der Waals surface area (Å²) in [5, 5.41) is 2.63. The monoisotopic (exact) mass is 358 g/mol. The van der Waals surface area contributed by atoms with Crippen molar-refractivity contribution in [2.45, 2.75) is 24.2 Å². The minimum Gasteiger partial charge on any atom is -0.337 e. The first-order valence-electron chi connectivity index (χ1n) is 7.95. The molecule has 0 heterocycles. The fourth-order valence-corrected chi connectivity index (χ4v) is 3.34. The van der Waals surface area contributed by atoms with Gasteiger partial charge in [0.25, 0.3) is 10.0 Å². The van der Waals surface area contributed by atoms with Crippen LogP contribution in [0.3, 0.4) is 0 Å². The van der Waals surface area contributed by atoms with E-state index in [4.69, 9.17) is 0 Å². The third kappa shape index (κ3) is 5.46. The Morgan fingerprint density at radius 3 is 2.36 bits per heavy atom. The van der Waals surface area contributed by atoms with E-state index in [1.165, 1.54) is 12.1 Å². The van der Waals surface area contributed by atoms with Crippen molar-refractivity contribution in [1.82, 2.24) is 10.0 Å². The maximum Gasteiger partial charge on any atom is 0.328 e. The second-order valence-corrected chi connectivity index (χ2v) is 7.44. The van der Waals surface area contributed by atoms with Gasteiger partial charge in [0.1, 0.15) is 0 Å². The third-order valence-corrected chi connectivity index (χ3v) is 5.14. The SMILES string of the molecule is C=CC[C@H](CNC(=O)NS(=O)(=O)c1ccc(C)cc1)c1ccccc1. The van der Waals surface area contributed by atoms with Gasteiger partial charge in [0.2, 0.25) is 0 Å². The second-order valence-electron chi connectivity index (χ2n) is 5.76. The average Bonchev–Trinajstić information content (AvgIpc) is 2.59. The predicted molar refractivity (Wildman–Crippen MR) is 98.9 cm³/mol. The molecule has 2 aromatic rings. The number of nitrogens with one attached hydrogen (secondary N) is 2. The van der Waals surface area contributed by atoms with Gasteiger partial charge in [-0.15, -0.1) is 6.58 Å². The fraction of sp³-hybridized carbons (Fsp3) is 0.211. The largest absolute Gasteiger partial charge is 0.337 e. The molecule has 0 unspecified atom stereocenters. The lowest BCUT2D eigenvalue weighted by Crippen LogP contribution is -2.41. The van der Waals surface area contributed by atoms with Crippen molar-refractivity contribution in [3.63, 3.8) is 0 Å². The molecular weight excluding hydrogens is 336 g/mol. The Labute approximate surface area is 148 Å². The number of hydrogen-bond donors (Lipinski definition) is 2. The molecule has 0 spiro atoms. The molecule has 0 radical (unpaired) electrons. The number of benzene rings is 2. The molecule has 2 N–H and O–H groups in total. The minimum atomic E-state index is -3.88. The summed E-state index contributed by atoms with van der Waals surface area (Å²) in [4.78, 5) is 12.1. The summed E-state index contributed by atoms with van der Waals surface area (Å²) in [6, 6.07) is 15.3. The molecule has 1 atom stereocenters. The molecule has 2 rings (SSSR count). The molecule has 0 aliphatic carbocycles. The molecule has 25 heavy (non-hydrogen) atoms. The molecule has 0 fully saturated rings. The van der Waals surface area contributed by atoms with Crippen molar-refractivity contribution >= 4 is 16.1 Å². The molecule has 2 amide bonds. The number of rotatable bonds is 7. The first kappa shape index (κ1) is 18.7. The molecular formula is C19H22N2O3S. The van der Waals surface area contributed by atoms with Crippen LogP contribution in [0, 0.1) is 6.92 Å². The van der Waals surface area contributed by atoms with Crippen molar-refractivity contribution < 1.29 is 13.2 Å². The summed E-state index contributed by atoms with van der Waals surface area (Å²) >= 11 is 0. The van der Waals surface area contributed by atoms with Crippen LogP contribution in [0.25, 0.3) is 0 Å². The van der Waals surface area contributed by atoms with E-state index in [2.05, 4.69) is 11.9 Å². The van der Waals surface area contributed by atoms with E-state index >= 15 is 0 Å².